The second-order valence-corrected chi connectivity index (χ2v) is 4.13. The van der Waals surface area contributed by atoms with Crippen molar-refractivity contribution in [3.63, 3.8) is 0 Å². The maximum absolute atomic E-state index is 11.8. The van der Waals surface area contributed by atoms with Gasteiger partial charge in [0, 0.05) is 11.4 Å². The highest BCUT2D eigenvalue weighted by Gasteiger charge is 2.04. The van der Waals surface area contributed by atoms with Gasteiger partial charge < -0.3 is 11.1 Å². The molecule has 0 spiro atoms. The number of nitrogens with zero attached hydrogens (tertiary/aromatic N) is 1. The largest absolute Gasteiger partial charge is 0.399 e. The smallest absolute Gasteiger partial charge is 0.229 e. The zero-order chi connectivity index (χ0) is 13.0. The third kappa shape index (κ3) is 3.31. The van der Waals surface area contributed by atoms with E-state index in [-0.39, 0.29) is 5.91 Å². The molecule has 0 bridgehead atoms. The molecule has 1 heterocycles. The van der Waals surface area contributed by atoms with Crippen LogP contribution in [0.25, 0.3) is 0 Å². The molecule has 2 aromatic rings. The molecule has 4 nitrogen and oxygen atoms in total. The summed E-state index contributed by atoms with van der Waals surface area (Å²) in [7, 11) is 0. The maximum atomic E-state index is 11.8. The number of nitrogens with two attached hydrogens (primary N) is 1. The van der Waals surface area contributed by atoms with Crippen LogP contribution in [-0.2, 0) is 11.2 Å². The monoisotopic (exact) mass is 241 g/mol. The summed E-state index contributed by atoms with van der Waals surface area (Å²) in [6.45, 7) is 1.88. The quantitative estimate of drug-likeness (QED) is 0.809. The van der Waals surface area contributed by atoms with Gasteiger partial charge in [0.25, 0.3) is 0 Å². The van der Waals surface area contributed by atoms with Gasteiger partial charge in [0.15, 0.2) is 0 Å². The van der Waals surface area contributed by atoms with E-state index in [0.717, 1.165) is 11.3 Å². The highest BCUT2D eigenvalue weighted by atomic mass is 16.1. The molecule has 0 fully saturated rings. The van der Waals surface area contributed by atoms with E-state index in [1.807, 2.05) is 31.2 Å². The SMILES string of the molecule is Cc1cccc(NC(=O)Cc2ccc(N)cc2)n1. The summed E-state index contributed by atoms with van der Waals surface area (Å²) < 4.78 is 0. The number of carbonyl (C=O) groups is 1. The van der Waals surface area contributed by atoms with Gasteiger partial charge in [-0.15, -0.1) is 0 Å². The molecular weight excluding hydrogens is 226 g/mol. The fraction of sp³-hybridized carbons (Fsp3) is 0.143. The van der Waals surface area contributed by atoms with Crippen LogP contribution in [0.4, 0.5) is 11.5 Å². The maximum Gasteiger partial charge on any atom is 0.229 e. The zero-order valence-electron chi connectivity index (χ0n) is 10.2. The molecule has 1 aromatic carbocycles. The molecule has 18 heavy (non-hydrogen) atoms. The molecule has 0 saturated carbocycles. The molecule has 0 aliphatic heterocycles. The summed E-state index contributed by atoms with van der Waals surface area (Å²) in [6, 6.07) is 12.8. The fourth-order valence-corrected chi connectivity index (χ4v) is 1.62. The lowest BCUT2D eigenvalue weighted by Gasteiger charge is -2.05. The molecule has 92 valence electrons. The Morgan fingerprint density at radius 2 is 1.94 bits per heavy atom. The number of nitrogen functional groups attached to an aromatic ring is 1. The van der Waals surface area contributed by atoms with Crippen LogP contribution in [0.1, 0.15) is 11.3 Å². The molecule has 0 saturated heterocycles. The van der Waals surface area contributed by atoms with E-state index in [1.165, 1.54) is 0 Å². The Morgan fingerprint density at radius 3 is 2.61 bits per heavy atom. The molecule has 0 radical (unpaired) electrons. The summed E-state index contributed by atoms with van der Waals surface area (Å²) in [5, 5.41) is 2.76. The van der Waals surface area contributed by atoms with E-state index < -0.39 is 0 Å². The van der Waals surface area contributed by atoms with Gasteiger partial charge in [-0.2, -0.15) is 0 Å². The number of pyridine rings is 1. The Morgan fingerprint density at radius 1 is 1.22 bits per heavy atom. The number of hydrogen-bond acceptors (Lipinski definition) is 3. The molecule has 0 aliphatic rings. The number of amides is 1. The highest BCUT2D eigenvalue weighted by Crippen LogP contribution is 2.08. The fourth-order valence-electron chi connectivity index (χ4n) is 1.62. The van der Waals surface area contributed by atoms with Crippen LogP contribution in [-0.4, -0.2) is 10.9 Å². The van der Waals surface area contributed by atoms with E-state index in [9.17, 15) is 4.79 Å². The first-order chi connectivity index (χ1) is 8.63. The van der Waals surface area contributed by atoms with Gasteiger partial charge in [-0.25, -0.2) is 4.98 Å². The number of carbonyl (C=O) groups excluding carboxylic acids is 1. The average molecular weight is 241 g/mol. The predicted molar refractivity (Wildman–Crippen MR) is 72.2 cm³/mol. The minimum absolute atomic E-state index is 0.0853. The van der Waals surface area contributed by atoms with Crippen molar-refractivity contribution < 1.29 is 4.79 Å². The molecule has 3 N–H and O–H groups in total. The van der Waals surface area contributed by atoms with Gasteiger partial charge in [-0.1, -0.05) is 18.2 Å². The van der Waals surface area contributed by atoms with E-state index in [2.05, 4.69) is 10.3 Å². The van der Waals surface area contributed by atoms with Crippen LogP contribution >= 0.6 is 0 Å². The second kappa shape index (κ2) is 5.31. The van der Waals surface area contributed by atoms with E-state index in [0.29, 0.717) is 17.9 Å². The molecule has 0 aliphatic carbocycles. The third-order valence-corrected chi connectivity index (χ3v) is 2.50. The predicted octanol–water partition coefficient (Wildman–Crippen LogP) is 2.15. The number of aromatic nitrogens is 1. The van der Waals surface area contributed by atoms with Crippen molar-refractivity contribution in [3.8, 4) is 0 Å². The van der Waals surface area contributed by atoms with E-state index in [1.54, 1.807) is 18.2 Å². The Labute approximate surface area is 106 Å². The minimum atomic E-state index is -0.0853. The molecule has 2 rings (SSSR count). The minimum Gasteiger partial charge on any atom is -0.399 e. The van der Waals surface area contributed by atoms with Crippen molar-refractivity contribution in [2.24, 2.45) is 0 Å². The summed E-state index contributed by atoms with van der Waals surface area (Å²) >= 11 is 0. The van der Waals surface area contributed by atoms with Gasteiger partial charge in [-0.3, -0.25) is 4.79 Å². The first-order valence-electron chi connectivity index (χ1n) is 5.71. The molecule has 0 unspecified atom stereocenters. The van der Waals surface area contributed by atoms with Crippen LogP contribution in [0.5, 0.6) is 0 Å². The molecule has 4 heteroatoms. The van der Waals surface area contributed by atoms with Crippen LogP contribution in [0, 0.1) is 6.92 Å². The Bertz CT molecular complexity index is 549. The van der Waals surface area contributed by atoms with Crippen LogP contribution in [0.3, 0.4) is 0 Å². The number of anilines is 2. The van der Waals surface area contributed by atoms with Crippen molar-refractivity contribution in [3.05, 3.63) is 53.7 Å². The van der Waals surface area contributed by atoms with Crippen LogP contribution in [0.2, 0.25) is 0 Å². The molecule has 1 amide bonds. The van der Waals surface area contributed by atoms with Crippen LogP contribution < -0.4 is 11.1 Å². The molecule has 1 aromatic heterocycles. The number of benzene rings is 1. The molecule has 0 atom stereocenters. The Kier molecular flexibility index (Phi) is 3.57. The number of rotatable bonds is 3. The van der Waals surface area contributed by atoms with Crippen molar-refractivity contribution in [1.82, 2.24) is 4.98 Å². The van der Waals surface area contributed by atoms with Gasteiger partial charge in [0.1, 0.15) is 5.82 Å². The first-order valence-corrected chi connectivity index (χ1v) is 5.71. The van der Waals surface area contributed by atoms with Crippen LogP contribution in [0.15, 0.2) is 42.5 Å². The van der Waals surface area contributed by atoms with Gasteiger partial charge in [0.05, 0.1) is 6.42 Å². The number of aryl methyl sites for hydroxylation is 1. The van der Waals surface area contributed by atoms with Crippen molar-refractivity contribution in [2.45, 2.75) is 13.3 Å². The Balaban J connectivity index is 1.98. The normalized spacial score (nSPS) is 10.1. The standard InChI is InChI=1S/C14H15N3O/c1-10-3-2-4-13(16-10)17-14(18)9-11-5-7-12(15)8-6-11/h2-8H,9,15H2,1H3,(H,16,17,18). The lowest BCUT2D eigenvalue weighted by molar-refractivity contribution is -0.115. The van der Waals surface area contributed by atoms with Crippen molar-refractivity contribution >= 4 is 17.4 Å². The zero-order valence-corrected chi connectivity index (χ0v) is 10.2. The third-order valence-electron chi connectivity index (χ3n) is 2.50. The average Bonchev–Trinajstić information content (AvgIpc) is 2.32. The number of nitrogens with one attached hydrogen (secondary N) is 1. The highest BCUT2D eigenvalue weighted by molar-refractivity contribution is 5.91. The van der Waals surface area contributed by atoms with E-state index in [4.69, 9.17) is 5.73 Å². The summed E-state index contributed by atoms with van der Waals surface area (Å²) in [4.78, 5) is 16.0. The van der Waals surface area contributed by atoms with Gasteiger partial charge >= 0.3 is 0 Å². The lowest BCUT2D eigenvalue weighted by atomic mass is 10.1. The first kappa shape index (κ1) is 12.1. The topological polar surface area (TPSA) is 68.0 Å². The summed E-state index contributed by atoms with van der Waals surface area (Å²) in [5.74, 6) is 0.494. The van der Waals surface area contributed by atoms with Crippen molar-refractivity contribution in [2.75, 3.05) is 11.1 Å². The summed E-state index contributed by atoms with van der Waals surface area (Å²) in [5.41, 5.74) is 8.08. The second-order valence-electron chi connectivity index (χ2n) is 4.13. The summed E-state index contributed by atoms with van der Waals surface area (Å²) in [6.07, 6.45) is 0.315. The van der Waals surface area contributed by atoms with E-state index >= 15 is 0 Å². The van der Waals surface area contributed by atoms with Gasteiger partial charge in [0.2, 0.25) is 5.91 Å². The molecular formula is C14H15N3O. The number of hydrogen-bond donors (Lipinski definition) is 2. The lowest BCUT2D eigenvalue weighted by Crippen LogP contribution is -2.15. The van der Waals surface area contributed by atoms with Crippen molar-refractivity contribution in [1.29, 1.82) is 0 Å². The Hall–Kier alpha value is -2.36. The van der Waals surface area contributed by atoms with Gasteiger partial charge in [-0.05, 0) is 36.8 Å².